The highest BCUT2D eigenvalue weighted by Gasteiger charge is 2.49. The van der Waals surface area contributed by atoms with Gasteiger partial charge in [-0.3, -0.25) is 34.3 Å². The third-order valence-electron chi connectivity index (χ3n) is 17.5. The van der Waals surface area contributed by atoms with E-state index < -0.39 is 82.4 Å². The summed E-state index contributed by atoms with van der Waals surface area (Å²) in [6, 6.07) is 27.8. The van der Waals surface area contributed by atoms with Crippen LogP contribution in [0.1, 0.15) is 96.2 Å². The first-order valence-corrected chi connectivity index (χ1v) is 33.2. The molecule has 7 aliphatic rings. The van der Waals surface area contributed by atoms with Crippen molar-refractivity contribution in [1.82, 2.24) is 29.6 Å². The number of imide groups is 1. The zero-order chi connectivity index (χ0) is 60.9. The molecule has 6 heterocycles. The summed E-state index contributed by atoms with van der Waals surface area (Å²) < 4.78 is 116. The van der Waals surface area contributed by atoms with Gasteiger partial charge in [0, 0.05) is 117 Å². The number of hydrogen-bond acceptors (Lipinski definition) is 14. The van der Waals surface area contributed by atoms with Gasteiger partial charge in [-0.15, -0.1) is 11.8 Å². The molecule has 3 unspecified atom stereocenters. The first-order valence-electron chi connectivity index (χ1n) is 28.8. The topological polar surface area (TPSA) is 189 Å². The molecule has 0 aromatic heterocycles. The van der Waals surface area contributed by atoms with Crippen LogP contribution in [-0.2, 0) is 42.5 Å². The molecule has 4 atom stereocenters. The molecule has 5 aromatic carbocycles. The van der Waals surface area contributed by atoms with E-state index in [0.717, 1.165) is 68.0 Å². The van der Waals surface area contributed by atoms with Gasteiger partial charge in [0.25, 0.3) is 31.7 Å². The number of piperidine rings is 2. The van der Waals surface area contributed by atoms with E-state index in [4.69, 9.17) is 11.6 Å². The Labute approximate surface area is 507 Å². The summed E-state index contributed by atoms with van der Waals surface area (Å²) in [6.45, 7) is 10.6. The van der Waals surface area contributed by atoms with Crippen molar-refractivity contribution < 1.29 is 53.6 Å². The van der Waals surface area contributed by atoms with Crippen LogP contribution >= 0.6 is 23.4 Å². The van der Waals surface area contributed by atoms with Crippen molar-refractivity contribution in [1.29, 1.82) is 0 Å². The predicted octanol–water partition coefficient (Wildman–Crippen LogP) is 9.36. The predicted molar refractivity (Wildman–Crippen MR) is 321 cm³/mol. The fraction of sp³-hybridized carbons (Fsp3) is 0.419. The molecule has 0 radical (unpaired) electrons. The lowest BCUT2D eigenvalue weighted by Crippen LogP contribution is -2.68. The van der Waals surface area contributed by atoms with E-state index in [9.17, 15) is 49.2 Å². The first-order chi connectivity index (χ1) is 40.9. The maximum Gasteiger partial charge on any atom is 0.501 e. The van der Waals surface area contributed by atoms with Gasteiger partial charge in [-0.2, -0.15) is 13.2 Å². The van der Waals surface area contributed by atoms with Gasteiger partial charge < -0.3 is 20.0 Å². The minimum atomic E-state index is -6.17. The molecule has 3 N–H and O–H groups in total. The van der Waals surface area contributed by atoms with Crippen LogP contribution in [0.2, 0.25) is 5.02 Å². The van der Waals surface area contributed by atoms with Gasteiger partial charge >= 0.3 is 5.51 Å². The Morgan fingerprint density at radius 3 is 2.24 bits per heavy atom. The summed E-state index contributed by atoms with van der Waals surface area (Å²) in [5.41, 5.74) is -0.233. The van der Waals surface area contributed by atoms with Gasteiger partial charge in [0.2, 0.25) is 11.8 Å². The van der Waals surface area contributed by atoms with Crippen molar-refractivity contribution in [3.8, 4) is 0 Å². The van der Waals surface area contributed by atoms with Crippen molar-refractivity contribution in [2.75, 3.05) is 68.3 Å². The molecule has 6 aliphatic heterocycles. The van der Waals surface area contributed by atoms with E-state index >= 15 is 4.39 Å². The third-order valence-corrected chi connectivity index (χ3v) is 21.8. The number of nitrogens with one attached hydrogen (secondary N) is 3. The van der Waals surface area contributed by atoms with Gasteiger partial charge in [0.15, 0.2) is 0 Å². The number of alkyl halides is 3. The molecule has 16 nitrogen and oxygen atoms in total. The van der Waals surface area contributed by atoms with Crippen LogP contribution in [0.5, 0.6) is 0 Å². The highest BCUT2D eigenvalue weighted by atomic mass is 35.5. The number of carbonyl (C=O) groups is 4. The molecule has 0 spiro atoms. The van der Waals surface area contributed by atoms with E-state index in [0.29, 0.717) is 67.9 Å². The molecule has 24 heteroatoms. The average molecular weight is 1260 g/mol. The maximum absolute atomic E-state index is 15.6. The van der Waals surface area contributed by atoms with E-state index in [-0.39, 0.29) is 53.8 Å². The van der Waals surface area contributed by atoms with Gasteiger partial charge in [0.05, 0.1) is 16.1 Å². The minimum Gasteiger partial charge on any atom is -0.380 e. The molecule has 1 aliphatic carbocycles. The minimum absolute atomic E-state index is 0.0359. The molecular weight excluding hydrogens is 1190 g/mol. The standard InChI is InChI=1S/C62H67ClF4N8O8S3/c1-61(2)22-20-51(40-8-12-44(63)13-9-40)43(32-61)34-71-24-26-73(27-25-71)46-14-10-41(11-15-46)58(77)70-86(82,83)50-16-17-53(55(31-50)85(80,81)62(65,66)67)68-45(38-84-49-6-4-3-5-7-49)21-23-72-36-47-30-48(37-72)74(47)33-39-28-42-35-75(60(79)57(42)52(64)29-39)54-18-19-56(76)69-59(54)78/h3-17,28-29,31,45,47-48,54,68H,18-27,30,32-38H2,1-2H3,(H,70,77)(H,69,76,78)/t45-,47?,48?,54?/m1/s1. The Bertz CT molecular complexity index is 3690. The number of fused-ring (bicyclic) bond motifs is 3. The number of sulfone groups is 1. The number of nitrogens with zero attached hydrogens (tertiary/aromatic N) is 5. The highest BCUT2D eigenvalue weighted by Crippen LogP contribution is 2.44. The lowest BCUT2D eigenvalue weighted by Gasteiger charge is -2.56. The summed E-state index contributed by atoms with van der Waals surface area (Å²) in [7, 11) is -11.1. The maximum atomic E-state index is 15.6. The molecule has 5 fully saturated rings. The average Bonchev–Trinajstić information content (AvgIpc) is 1.54. The molecule has 2 bridgehead atoms. The van der Waals surface area contributed by atoms with E-state index in [1.54, 1.807) is 18.2 Å². The van der Waals surface area contributed by atoms with Crippen LogP contribution in [0, 0.1) is 11.2 Å². The van der Waals surface area contributed by atoms with E-state index in [2.05, 4.69) is 56.2 Å². The van der Waals surface area contributed by atoms with Gasteiger partial charge in [0.1, 0.15) is 16.8 Å². The number of halogens is 5. The number of benzene rings is 5. The van der Waals surface area contributed by atoms with Crippen molar-refractivity contribution in [3.63, 3.8) is 0 Å². The van der Waals surface area contributed by atoms with Crippen molar-refractivity contribution in [2.24, 2.45) is 5.41 Å². The number of thioether (sulfide) groups is 1. The number of sulfonamides is 1. The monoisotopic (exact) mass is 1260 g/mol. The first kappa shape index (κ1) is 61.3. The zero-order valence-electron chi connectivity index (χ0n) is 47.5. The summed E-state index contributed by atoms with van der Waals surface area (Å²) in [4.78, 5) is 60.3. The molecule has 5 saturated heterocycles. The van der Waals surface area contributed by atoms with E-state index in [1.807, 2.05) is 47.2 Å². The molecule has 456 valence electrons. The largest absolute Gasteiger partial charge is 0.501 e. The van der Waals surface area contributed by atoms with Crippen LogP contribution in [0.3, 0.4) is 0 Å². The number of amides is 4. The third kappa shape index (κ3) is 13.4. The van der Waals surface area contributed by atoms with Crippen molar-refractivity contribution in [2.45, 2.75) is 116 Å². The van der Waals surface area contributed by atoms with Crippen LogP contribution in [0.25, 0.3) is 5.57 Å². The lowest BCUT2D eigenvalue weighted by molar-refractivity contribution is -0.136. The second-order valence-electron chi connectivity index (χ2n) is 24.0. The van der Waals surface area contributed by atoms with Crippen molar-refractivity contribution >= 4 is 83.8 Å². The lowest BCUT2D eigenvalue weighted by atomic mass is 9.73. The van der Waals surface area contributed by atoms with Crippen LogP contribution in [0.4, 0.5) is 28.9 Å². The molecule has 86 heavy (non-hydrogen) atoms. The number of anilines is 2. The van der Waals surface area contributed by atoms with E-state index in [1.165, 1.54) is 51.6 Å². The Balaban J connectivity index is 0.729. The molecular formula is C62H67ClF4N8O8S3. The quantitative estimate of drug-likeness (QED) is 0.0403. The Morgan fingerprint density at radius 1 is 0.849 bits per heavy atom. The summed E-state index contributed by atoms with van der Waals surface area (Å²) in [5, 5.41) is 5.99. The number of allylic oxidation sites excluding steroid dienone is 1. The van der Waals surface area contributed by atoms with Gasteiger partial charge in [-0.05, 0) is 139 Å². The number of carbonyl (C=O) groups excluding carboxylic acids is 4. The number of hydrogen-bond donors (Lipinski definition) is 3. The fourth-order valence-corrected chi connectivity index (χ4v) is 16.0. The van der Waals surface area contributed by atoms with Crippen LogP contribution < -0.4 is 20.3 Å². The number of piperazine rings is 2. The SMILES string of the molecule is CC1(C)CCC(c2ccc(Cl)cc2)=C(CN2CCN(c3ccc(C(=O)NS(=O)(=O)c4ccc(N[C@H](CCN5CC6CC(C5)N6Cc5cc(F)c6c(c5)CN(C5CCC(=O)NC5=O)C6=O)CSc5ccccc5)c(S(=O)(=O)C(F)(F)F)c4)cc3)CC2)C1. The van der Waals surface area contributed by atoms with Crippen LogP contribution in [-0.4, -0.2) is 148 Å². The van der Waals surface area contributed by atoms with Crippen molar-refractivity contribution in [3.05, 3.63) is 153 Å². The van der Waals surface area contributed by atoms with Gasteiger partial charge in [-0.1, -0.05) is 67.4 Å². The zero-order valence-corrected chi connectivity index (χ0v) is 50.8. The molecule has 4 amide bonds. The second-order valence-corrected chi connectivity index (χ2v) is 29.1. The number of rotatable bonds is 19. The van der Waals surface area contributed by atoms with Crippen LogP contribution in [0.15, 0.2) is 129 Å². The second kappa shape index (κ2) is 24.7. The summed E-state index contributed by atoms with van der Waals surface area (Å²) >= 11 is 7.62. The normalized spacial score (nSPS) is 21.7. The Morgan fingerprint density at radius 2 is 1.56 bits per heavy atom. The molecule has 5 aromatic rings. The summed E-state index contributed by atoms with van der Waals surface area (Å²) in [6.07, 6.45) is 4.54. The molecule has 0 saturated carbocycles. The Kier molecular flexibility index (Phi) is 17.6. The van der Waals surface area contributed by atoms with Gasteiger partial charge in [-0.25, -0.2) is 25.9 Å². The highest BCUT2D eigenvalue weighted by molar-refractivity contribution is 7.99. The fourth-order valence-electron chi connectivity index (χ4n) is 12.9. The Hall–Kier alpha value is -6.34. The molecule has 12 rings (SSSR count). The summed E-state index contributed by atoms with van der Waals surface area (Å²) in [5.74, 6) is -3.05. The smallest absolute Gasteiger partial charge is 0.380 e.